The number of hydrogen-bond acceptors (Lipinski definition) is 3. The summed E-state index contributed by atoms with van der Waals surface area (Å²) >= 11 is 0. The largest absolute Gasteiger partial charge is 0.353 e. The van der Waals surface area contributed by atoms with Crippen LogP contribution in [0.4, 0.5) is 5.82 Å². The monoisotopic (exact) mass is 273 g/mol. The van der Waals surface area contributed by atoms with E-state index in [1.165, 1.54) is 11.1 Å². The van der Waals surface area contributed by atoms with Gasteiger partial charge in [0.1, 0.15) is 5.82 Å². The summed E-state index contributed by atoms with van der Waals surface area (Å²) in [7, 11) is 0. The van der Waals surface area contributed by atoms with E-state index in [9.17, 15) is 0 Å². The van der Waals surface area contributed by atoms with Crippen LogP contribution in [0, 0.1) is 12.8 Å². The van der Waals surface area contributed by atoms with Crippen molar-refractivity contribution < 1.29 is 0 Å². The summed E-state index contributed by atoms with van der Waals surface area (Å²) in [6.45, 7) is 12.8. The SMILES string of the molecule is CC1=CCN(c2cc(CNCC(C)C)cc(C)n2)CC1. The Morgan fingerprint density at radius 1 is 1.30 bits per heavy atom. The average Bonchev–Trinajstić information content (AvgIpc) is 2.38. The summed E-state index contributed by atoms with van der Waals surface area (Å²) in [6.07, 6.45) is 3.46. The van der Waals surface area contributed by atoms with Gasteiger partial charge in [-0.25, -0.2) is 4.98 Å². The molecule has 2 heterocycles. The first-order valence-electron chi connectivity index (χ1n) is 7.63. The lowest BCUT2D eigenvalue weighted by Gasteiger charge is -2.27. The summed E-state index contributed by atoms with van der Waals surface area (Å²) in [6, 6.07) is 4.41. The van der Waals surface area contributed by atoms with Gasteiger partial charge in [-0.3, -0.25) is 0 Å². The first kappa shape index (κ1) is 15.0. The van der Waals surface area contributed by atoms with Crippen molar-refractivity contribution in [1.82, 2.24) is 10.3 Å². The average molecular weight is 273 g/mol. The fourth-order valence-corrected chi connectivity index (χ4v) is 2.47. The Bertz CT molecular complexity index is 477. The maximum atomic E-state index is 4.69. The number of nitrogens with one attached hydrogen (secondary N) is 1. The Labute approximate surface area is 123 Å². The van der Waals surface area contributed by atoms with Crippen molar-refractivity contribution in [3.63, 3.8) is 0 Å². The first-order valence-corrected chi connectivity index (χ1v) is 7.63. The zero-order chi connectivity index (χ0) is 14.5. The second kappa shape index (κ2) is 6.89. The van der Waals surface area contributed by atoms with Crippen LogP contribution in [0.1, 0.15) is 38.4 Å². The number of pyridine rings is 1. The fourth-order valence-electron chi connectivity index (χ4n) is 2.47. The molecule has 1 N–H and O–H groups in total. The van der Waals surface area contributed by atoms with Gasteiger partial charge in [0.05, 0.1) is 0 Å². The van der Waals surface area contributed by atoms with Gasteiger partial charge in [0.25, 0.3) is 0 Å². The van der Waals surface area contributed by atoms with Crippen LogP contribution in [0.3, 0.4) is 0 Å². The highest BCUT2D eigenvalue weighted by molar-refractivity contribution is 5.44. The van der Waals surface area contributed by atoms with Gasteiger partial charge in [-0.2, -0.15) is 0 Å². The number of hydrogen-bond donors (Lipinski definition) is 1. The number of aromatic nitrogens is 1. The predicted octanol–water partition coefficient (Wildman–Crippen LogP) is 3.29. The minimum absolute atomic E-state index is 0.688. The molecule has 0 bridgehead atoms. The molecule has 3 heteroatoms. The van der Waals surface area contributed by atoms with Crippen LogP contribution in [0.5, 0.6) is 0 Å². The third kappa shape index (κ3) is 4.34. The molecule has 1 aliphatic heterocycles. The zero-order valence-electron chi connectivity index (χ0n) is 13.2. The smallest absolute Gasteiger partial charge is 0.129 e. The third-order valence-corrected chi connectivity index (χ3v) is 3.64. The lowest BCUT2D eigenvalue weighted by molar-refractivity contribution is 0.552. The van der Waals surface area contributed by atoms with Gasteiger partial charge < -0.3 is 10.2 Å². The second-order valence-electron chi connectivity index (χ2n) is 6.25. The van der Waals surface area contributed by atoms with E-state index in [4.69, 9.17) is 4.98 Å². The minimum atomic E-state index is 0.688. The van der Waals surface area contributed by atoms with E-state index in [0.717, 1.165) is 44.1 Å². The molecule has 20 heavy (non-hydrogen) atoms. The lowest BCUT2D eigenvalue weighted by atomic mass is 10.1. The summed E-state index contributed by atoms with van der Waals surface area (Å²) in [5, 5.41) is 3.51. The summed E-state index contributed by atoms with van der Waals surface area (Å²) in [5.41, 5.74) is 3.93. The molecular formula is C17H27N3. The molecule has 0 fully saturated rings. The molecule has 1 aliphatic rings. The summed E-state index contributed by atoms with van der Waals surface area (Å²) in [4.78, 5) is 7.06. The zero-order valence-corrected chi connectivity index (χ0v) is 13.2. The normalized spacial score (nSPS) is 15.7. The highest BCUT2D eigenvalue weighted by Gasteiger charge is 2.12. The highest BCUT2D eigenvalue weighted by Crippen LogP contribution is 2.19. The van der Waals surface area contributed by atoms with E-state index in [2.05, 4.69) is 56.1 Å². The molecule has 3 nitrogen and oxygen atoms in total. The van der Waals surface area contributed by atoms with E-state index < -0.39 is 0 Å². The standard InChI is InChI=1S/C17H27N3/c1-13(2)11-18-12-16-9-15(4)19-17(10-16)20-7-5-14(3)6-8-20/h5,9-10,13,18H,6-8,11-12H2,1-4H3. The Balaban J connectivity index is 2.04. The molecule has 0 saturated heterocycles. The molecule has 0 radical (unpaired) electrons. The molecule has 0 unspecified atom stereocenters. The molecule has 0 saturated carbocycles. The molecule has 0 aromatic carbocycles. The number of rotatable bonds is 5. The van der Waals surface area contributed by atoms with Crippen LogP contribution in [-0.2, 0) is 6.54 Å². The van der Waals surface area contributed by atoms with E-state index in [1.807, 2.05) is 0 Å². The van der Waals surface area contributed by atoms with Crippen molar-refractivity contribution in [2.75, 3.05) is 24.5 Å². The van der Waals surface area contributed by atoms with Gasteiger partial charge in [-0.1, -0.05) is 25.5 Å². The van der Waals surface area contributed by atoms with E-state index in [0.29, 0.717) is 5.92 Å². The van der Waals surface area contributed by atoms with Crippen LogP contribution >= 0.6 is 0 Å². The summed E-state index contributed by atoms with van der Waals surface area (Å²) < 4.78 is 0. The van der Waals surface area contributed by atoms with E-state index in [1.54, 1.807) is 0 Å². The molecule has 2 rings (SSSR count). The molecule has 1 aromatic rings. The van der Waals surface area contributed by atoms with E-state index in [-0.39, 0.29) is 0 Å². The Morgan fingerprint density at radius 2 is 2.10 bits per heavy atom. The Kier molecular flexibility index (Phi) is 5.18. The second-order valence-corrected chi connectivity index (χ2v) is 6.25. The first-order chi connectivity index (χ1) is 9.54. The van der Waals surface area contributed by atoms with Gasteiger partial charge in [0.15, 0.2) is 0 Å². The lowest BCUT2D eigenvalue weighted by Crippen LogP contribution is -2.29. The Hall–Kier alpha value is -1.35. The van der Waals surface area contributed by atoms with Crippen molar-refractivity contribution in [3.8, 4) is 0 Å². The van der Waals surface area contributed by atoms with Crippen molar-refractivity contribution in [1.29, 1.82) is 0 Å². The van der Waals surface area contributed by atoms with Gasteiger partial charge in [-0.15, -0.1) is 0 Å². The molecule has 0 atom stereocenters. The van der Waals surface area contributed by atoms with Crippen LogP contribution in [0.15, 0.2) is 23.8 Å². The maximum Gasteiger partial charge on any atom is 0.129 e. The van der Waals surface area contributed by atoms with Crippen LogP contribution in [0.2, 0.25) is 0 Å². The Morgan fingerprint density at radius 3 is 2.75 bits per heavy atom. The van der Waals surface area contributed by atoms with Crippen molar-refractivity contribution in [2.24, 2.45) is 5.92 Å². The number of aryl methyl sites for hydroxylation is 1. The fraction of sp³-hybridized carbons (Fsp3) is 0.588. The molecule has 110 valence electrons. The maximum absolute atomic E-state index is 4.69. The van der Waals surface area contributed by atoms with Crippen molar-refractivity contribution in [2.45, 2.75) is 40.7 Å². The minimum Gasteiger partial charge on any atom is -0.353 e. The molecule has 0 aliphatic carbocycles. The topological polar surface area (TPSA) is 28.2 Å². The van der Waals surface area contributed by atoms with Gasteiger partial charge >= 0.3 is 0 Å². The van der Waals surface area contributed by atoms with Crippen molar-refractivity contribution >= 4 is 5.82 Å². The van der Waals surface area contributed by atoms with Gasteiger partial charge in [-0.05, 0) is 50.4 Å². The van der Waals surface area contributed by atoms with Gasteiger partial charge in [0, 0.05) is 25.3 Å². The molecule has 0 amide bonds. The van der Waals surface area contributed by atoms with Crippen LogP contribution in [-0.4, -0.2) is 24.6 Å². The molecule has 0 spiro atoms. The van der Waals surface area contributed by atoms with E-state index >= 15 is 0 Å². The third-order valence-electron chi connectivity index (χ3n) is 3.64. The number of anilines is 1. The highest BCUT2D eigenvalue weighted by atomic mass is 15.2. The predicted molar refractivity (Wildman–Crippen MR) is 86.1 cm³/mol. The molecule has 1 aromatic heterocycles. The van der Waals surface area contributed by atoms with Crippen LogP contribution in [0.25, 0.3) is 0 Å². The van der Waals surface area contributed by atoms with Crippen molar-refractivity contribution in [3.05, 3.63) is 35.0 Å². The molecular weight excluding hydrogens is 246 g/mol. The summed E-state index contributed by atoms with van der Waals surface area (Å²) in [5.74, 6) is 1.81. The quantitative estimate of drug-likeness (QED) is 0.834. The van der Waals surface area contributed by atoms with Gasteiger partial charge in [0.2, 0.25) is 0 Å². The number of nitrogens with zero attached hydrogens (tertiary/aromatic N) is 2. The van der Waals surface area contributed by atoms with Crippen LogP contribution < -0.4 is 10.2 Å².